The summed E-state index contributed by atoms with van der Waals surface area (Å²) in [5.41, 5.74) is 5.01. The van der Waals surface area contributed by atoms with Crippen LogP contribution in [-0.2, 0) is 12.6 Å². The number of methoxy groups -OCH3 is 1. The first-order valence-corrected chi connectivity index (χ1v) is 13.6. The fourth-order valence-electron chi connectivity index (χ4n) is 5.79. The molecular weight excluding hydrogens is 534 g/mol. The van der Waals surface area contributed by atoms with Crippen LogP contribution in [0.2, 0.25) is 0 Å². The molecule has 1 saturated heterocycles. The van der Waals surface area contributed by atoms with Crippen LogP contribution in [0.1, 0.15) is 63.0 Å². The number of allylic oxidation sites excluding steroid dienone is 1. The Morgan fingerprint density at radius 3 is 2.46 bits per heavy atom. The van der Waals surface area contributed by atoms with Crippen LogP contribution in [0.25, 0.3) is 17.2 Å². The van der Waals surface area contributed by atoms with Crippen LogP contribution in [0.5, 0.6) is 5.75 Å². The van der Waals surface area contributed by atoms with E-state index < -0.39 is 17.7 Å². The van der Waals surface area contributed by atoms with Crippen molar-refractivity contribution >= 4 is 23.2 Å². The number of carboxylic acid groups (broad SMARTS) is 1. The van der Waals surface area contributed by atoms with Gasteiger partial charge in [0.25, 0.3) is 0 Å². The number of nitrogens with zero attached hydrogens (tertiary/aromatic N) is 1. The zero-order chi connectivity index (χ0) is 29.1. The third kappa shape index (κ3) is 6.07. The number of benzene rings is 3. The molecule has 0 aromatic heterocycles. The third-order valence-electron chi connectivity index (χ3n) is 7.68. The maximum absolute atomic E-state index is 14.3. The van der Waals surface area contributed by atoms with E-state index in [0.717, 1.165) is 48.0 Å². The highest BCUT2D eigenvalue weighted by Gasteiger charge is 2.37. The number of ether oxygens (including phenoxy) is 1. The molecule has 0 spiro atoms. The van der Waals surface area contributed by atoms with Gasteiger partial charge in [-0.25, -0.2) is 4.79 Å². The lowest BCUT2D eigenvalue weighted by molar-refractivity contribution is -0.137. The van der Waals surface area contributed by atoms with E-state index in [1.165, 1.54) is 24.8 Å². The third-order valence-corrected chi connectivity index (χ3v) is 7.68. The number of likely N-dealkylation sites (tertiary alicyclic amines) is 1. The number of aryl methyl sites for hydroxylation is 1. The van der Waals surface area contributed by atoms with E-state index in [-0.39, 0.29) is 23.6 Å². The van der Waals surface area contributed by atoms with Gasteiger partial charge in [-0.1, -0.05) is 42.5 Å². The molecule has 8 heteroatoms. The molecule has 2 aliphatic rings. The van der Waals surface area contributed by atoms with Gasteiger partial charge in [0.05, 0.1) is 24.9 Å². The highest BCUT2D eigenvalue weighted by atomic mass is 19.4. The van der Waals surface area contributed by atoms with Crippen molar-refractivity contribution in [1.29, 1.82) is 0 Å². The van der Waals surface area contributed by atoms with Crippen LogP contribution in [0.15, 0.2) is 66.2 Å². The summed E-state index contributed by atoms with van der Waals surface area (Å²) in [5.74, 6) is -0.912. The maximum Gasteiger partial charge on any atom is 0.417 e. The molecule has 1 N–H and O–H groups in total. The number of carboxylic acids is 1. The minimum absolute atomic E-state index is 0.0155. The van der Waals surface area contributed by atoms with Gasteiger partial charge in [0.1, 0.15) is 5.75 Å². The number of hydrogen-bond acceptors (Lipinski definition) is 3. The minimum Gasteiger partial charge on any atom is -0.496 e. The summed E-state index contributed by atoms with van der Waals surface area (Å²) in [7, 11) is 1.37. The first-order chi connectivity index (χ1) is 19.7. The Bertz CT molecular complexity index is 1500. The van der Waals surface area contributed by atoms with Crippen molar-refractivity contribution in [3.8, 4) is 5.75 Å². The predicted molar refractivity (Wildman–Crippen MR) is 152 cm³/mol. The molecule has 0 radical (unpaired) electrons. The summed E-state index contributed by atoms with van der Waals surface area (Å²) in [4.78, 5) is 13.9. The number of alkyl halides is 4. The summed E-state index contributed by atoms with van der Waals surface area (Å²) < 4.78 is 60.9. The summed E-state index contributed by atoms with van der Waals surface area (Å²) >= 11 is 0. The van der Waals surface area contributed by atoms with Crippen LogP contribution >= 0.6 is 0 Å². The fourth-order valence-corrected chi connectivity index (χ4v) is 5.79. The molecule has 214 valence electrons. The number of rotatable bonds is 8. The molecule has 1 heterocycles. The van der Waals surface area contributed by atoms with Crippen molar-refractivity contribution in [2.45, 2.75) is 31.9 Å². The molecule has 4 nitrogen and oxygen atoms in total. The van der Waals surface area contributed by atoms with Gasteiger partial charge >= 0.3 is 12.1 Å². The van der Waals surface area contributed by atoms with Crippen molar-refractivity contribution < 1.29 is 32.2 Å². The minimum atomic E-state index is -4.60. The Kier molecular flexibility index (Phi) is 8.31. The van der Waals surface area contributed by atoms with Crippen LogP contribution in [0.4, 0.5) is 17.6 Å². The molecule has 3 aromatic carbocycles. The fraction of sp³-hybridized carbons (Fsp3) is 0.303. The van der Waals surface area contributed by atoms with Gasteiger partial charge in [0, 0.05) is 25.2 Å². The van der Waals surface area contributed by atoms with Crippen LogP contribution < -0.4 is 4.74 Å². The molecule has 1 aliphatic carbocycles. The molecule has 0 unspecified atom stereocenters. The summed E-state index contributed by atoms with van der Waals surface area (Å²) in [6, 6.07) is 16.5. The van der Waals surface area contributed by atoms with Crippen molar-refractivity contribution in [3.05, 3.63) is 105 Å². The van der Waals surface area contributed by atoms with Crippen LogP contribution in [0, 0.1) is 0 Å². The summed E-state index contributed by atoms with van der Waals surface area (Å²) in [6.45, 7) is 2.00. The largest absolute Gasteiger partial charge is 0.496 e. The van der Waals surface area contributed by atoms with Crippen molar-refractivity contribution in [3.63, 3.8) is 0 Å². The Morgan fingerprint density at radius 1 is 1.05 bits per heavy atom. The first kappa shape index (κ1) is 28.6. The van der Waals surface area contributed by atoms with Crippen LogP contribution in [-0.4, -0.2) is 49.4 Å². The SMILES string of the molecule is COc1cccc(C(F)(F)F)c1C1=C(c2ccc(C=C3CN(CCCF)C3)cc2)c2ccc(C(=O)O)cc2CCC1. The number of aromatic carboxylic acids is 1. The second kappa shape index (κ2) is 11.9. The lowest BCUT2D eigenvalue weighted by Gasteiger charge is -2.33. The monoisotopic (exact) mass is 565 g/mol. The van der Waals surface area contributed by atoms with E-state index in [9.17, 15) is 27.5 Å². The van der Waals surface area contributed by atoms with Crippen LogP contribution in [0.3, 0.4) is 0 Å². The van der Waals surface area contributed by atoms with Crippen molar-refractivity contribution in [1.82, 2.24) is 4.90 Å². The zero-order valence-electron chi connectivity index (χ0n) is 22.7. The second-order valence-electron chi connectivity index (χ2n) is 10.4. The van der Waals surface area contributed by atoms with Gasteiger partial charge in [0.2, 0.25) is 0 Å². The number of hydrogen-bond donors (Lipinski definition) is 1. The van der Waals surface area contributed by atoms with Gasteiger partial charge in [-0.2, -0.15) is 13.2 Å². The van der Waals surface area contributed by atoms with E-state index in [0.29, 0.717) is 36.8 Å². The summed E-state index contributed by atoms with van der Waals surface area (Å²) in [6.07, 6.45) is -0.543. The Morgan fingerprint density at radius 2 is 1.80 bits per heavy atom. The smallest absolute Gasteiger partial charge is 0.417 e. The molecular formula is C33H31F4NO3. The number of carbonyl (C=O) groups is 1. The quantitative estimate of drug-likeness (QED) is 0.284. The lowest BCUT2D eigenvalue weighted by Crippen LogP contribution is -2.40. The van der Waals surface area contributed by atoms with Gasteiger partial charge in [-0.3, -0.25) is 9.29 Å². The normalized spacial score (nSPS) is 15.7. The average molecular weight is 566 g/mol. The maximum atomic E-state index is 14.3. The van der Waals surface area contributed by atoms with Gasteiger partial charge in [0.15, 0.2) is 0 Å². The van der Waals surface area contributed by atoms with E-state index in [1.807, 2.05) is 24.3 Å². The molecule has 3 aromatic rings. The van der Waals surface area contributed by atoms with E-state index in [1.54, 1.807) is 18.2 Å². The Labute approximate surface area is 236 Å². The summed E-state index contributed by atoms with van der Waals surface area (Å²) in [5, 5.41) is 9.57. The molecule has 0 atom stereocenters. The van der Waals surface area contributed by atoms with Gasteiger partial charge in [-0.05, 0) is 88.9 Å². The molecule has 1 aliphatic heterocycles. The van der Waals surface area contributed by atoms with E-state index in [4.69, 9.17) is 4.74 Å². The Hall–Kier alpha value is -3.91. The number of halogens is 4. The standard InChI is InChI=1S/C33H31F4NO3/c1-41-29-8-3-7-28(33(35,36)37)31(29)27-6-2-5-24-18-25(32(39)40)13-14-26(24)30(27)23-11-9-21(10-12-23)17-22-19-38(20-22)16-4-15-34/h3,7-14,17-18H,2,4-6,15-16,19-20H2,1H3,(H,39,40). The lowest BCUT2D eigenvalue weighted by atomic mass is 9.85. The highest BCUT2D eigenvalue weighted by Crippen LogP contribution is 2.47. The second-order valence-corrected chi connectivity index (χ2v) is 10.4. The van der Waals surface area contributed by atoms with Crippen molar-refractivity contribution in [2.75, 3.05) is 33.4 Å². The molecule has 41 heavy (non-hydrogen) atoms. The van der Waals surface area contributed by atoms with Gasteiger partial charge < -0.3 is 9.84 Å². The highest BCUT2D eigenvalue weighted by molar-refractivity contribution is 6.02. The predicted octanol–water partition coefficient (Wildman–Crippen LogP) is 7.77. The molecule has 0 amide bonds. The first-order valence-electron chi connectivity index (χ1n) is 13.6. The van der Waals surface area contributed by atoms with E-state index >= 15 is 0 Å². The number of fused-ring (bicyclic) bond motifs is 1. The molecule has 0 bridgehead atoms. The topological polar surface area (TPSA) is 49.8 Å². The average Bonchev–Trinajstić information content (AvgIpc) is 3.12. The Balaban J connectivity index is 1.64. The van der Waals surface area contributed by atoms with Gasteiger partial charge in [-0.15, -0.1) is 0 Å². The molecule has 0 saturated carbocycles. The molecule has 5 rings (SSSR count). The van der Waals surface area contributed by atoms with Crippen molar-refractivity contribution in [2.24, 2.45) is 0 Å². The molecule has 1 fully saturated rings. The zero-order valence-corrected chi connectivity index (χ0v) is 22.7. The van der Waals surface area contributed by atoms with E-state index in [2.05, 4.69) is 11.0 Å².